The molecule has 1 heterocycles. The molecule has 31 nitrogen and oxygen atoms in total. The largest absolute Gasteiger partial charge is 0.486 e. The summed E-state index contributed by atoms with van der Waals surface area (Å²) in [6.45, 7) is 8.39. The number of aromatic nitrogens is 1. The van der Waals surface area contributed by atoms with Crippen molar-refractivity contribution in [3.8, 4) is 17.2 Å². The zero-order chi connectivity index (χ0) is 73.3. The molecule has 0 aliphatic rings. The molecule has 0 radical (unpaired) electrons. The van der Waals surface area contributed by atoms with Crippen molar-refractivity contribution < 1.29 is 141 Å². The van der Waals surface area contributed by atoms with Crippen LogP contribution in [0.25, 0.3) is 21.8 Å². The molecule has 3 N–H and O–H groups in total. The fraction of sp³-hybridized carbons (Fsp3) is 0.696. The molecule has 0 saturated heterocycles. The first-order valence-corrected chi connectivity index (χ1v) is 35.2. The van der Waals surface area contributed by atoms with Crippen LogP contribution in [-0.2, 0) is 111 Å². The van der Waals surface area contributed by atoms with Gasteiger partial charge in [0.15, 0.2) is 6.54 Å². The van der Waals surface area contributed by atoms with Crippen molar-refractivity contribution >= 4 is 43.8 Å². The Kier molecular flexibility index (Phi) is 46.9. The molecule has 0 bridgehead atoms. The van der Waals surface area contributed by atoms with Gasteiger partial charge in [0.1, 0.15) is 54.4 Å². The topological polar surface area (TPSA) is 337 Å². The predicted octanol–water partition coefficient (Wildman–Crippen LogP) is 3.41. The third kappa shape index (κ3) is 36.0. The number of carbonyl (C=O) groups is 2. The Labute approximate surface area is 593 Å². The lowest BCUT2D eigenvalue weighted by molar-refractivity contribution is -0.645. The molecule has 1 unspecified atom stereocenters. The Hall–Kier alpha value is -5.06. The number of esters is 1. The van der Waals surface area contributed by atoms with Crippen LogP contribution in [0.1, 0.15) is 38.3 Å². The zero-order valence-electron chi connectivity index (χ0n) is 60.5. The van der Waals surface area contributed by atoms with Gasteiger partial charge in [-0.05, 0) is 61.4 Å². The van der Waals surface area contributed by atoms with E-state index in [2.05, 4.69) is 5.32 Å². The van der Waals surface area contributed by atoms with Crippen LogP contribution < -0.4 is 24.1 Å². The number of nitrogens with one attached hydrogen (secondary N) is 1. The van der Waals surface area contributed by atoms with Gasteiger partial charge in [-0.25, -0.2) is 4.79 Å². The number of hydrogen-bond acceptors (Lipinski definition) is 28. The van der Waals surface area contributed by atoms with Gasteiger partial charge < -0.3 is 119 Å². The van der Waals surface area contributed by atoms with Crippen LogP contribution in [0.3, 0.4) is 0 Å². The Bertz CT molecular complexity index is 2880. The average molecular weight is 1460 g/mol. The van der Waals surface area contributed by atoms with Crippen molar-refractivity contribution in [1.29, 1.82) is 0 Å². The van der Waals surface area contributed by atoms with Crippen molar-refractivity contribution in [2.75, 3.05) is 254 Å². The summed E-state index contributed by atoms with van der Waals surface area (Å²) in [6, 6.07) is 13.2. The van der Waals surface area contributed by atoms with E-state index < -0.39 is 64.6 Å². The Balaban J connectivity index is 2.06. The van der Waals surface area contributed by atoms with Crippen LogP contribution in [0.5, 0.6) is 17.2 Å². The quantitative estimate of drug-likeness (QED) is 0.0108. The highest BCUT2D eigenvalue weighted by atomic mass is 32.2. The van der Waals surface area contributed by atoms with Gasteiger partial charge in [0.25, 0.3) is 16.0 Å². The second kappa shape index (κ2) is 53.7. The third-order valence-corrected chi connectivity index (χ3v) is 15.5. The van der Waals surface area contributed by atoms with Crippen LogP contribution in [0, 0.1) is 13.8 Å². The van der Waals surface area contributed by atoms with Crippen molar-refractivity contribution in [2.45, 2.75) is 63.6 Å². The normalized spacial score (nSPS) is 12.4. The van der Waals surface area contributed by atoms with Crippen LogP contribution in [0.4, 0.5) is 0 Å². The number of aliphatic hydroxyl groups excluding tert-OH is 1. The molecule has 0 saturated carbocycles. The number of aryl methyl sites for hydroxylation is 3. The number of methoxy groups -OCH3 is 8. The van der Waals surface area contributed by atoms with Crippen molar-refractivity contribution in [3.05, 3.63) is 70.8 Å². The van der Waals surface area contributed by atoms with E-state index in [1.807, 2.05) is 4.57 Å². The minimum absolute atomic E-state index is 0.000863. The average Bonchev–Trinajstić information content (AvgIpc) is 0.741. The minimum Gasteiger partial charge on any atom is -0.486 e. The summed E-state index contributed by atoms with van der Waals surface area (Å²) < 4.78 is 172. The number of aliphatic hydroxyl groups is 1. The monoisotopic (exact) mass is 1460 g/mol. The molecular weight excluding hydrogens is 1350 g/mol. The summed E-state index contributed by atoms with van der Waals surface area (Å²) in [4.78, 5) is 29.0. The van der Waals surface area contributed by atoms with Gasteiger partial charge in [-0.2, -0.15) is 13.0 Å². The number of rotatable bonds is 64. The van der Waals surface area contributed by atoms with E-state index in [-0.39, 0.29) is 191 Å². The first-order valence-electron chi connectivity index (χ1n) is 33.5. The second-order valence-electron chi connectivity index (χ2n) is 22.8. The van der Waals surface area contributed by atoms with E-state index in [4.69, 9.17) is 109 Å². The molecule has 1 amide bonds. The number of amides is 1. The van der Waals surface area contributed by atoms with Gasteiger partial charge in [-0.1, -0.05) is 0 Å². The standard InChI is InChI=1S/C69H110N2O29S/c1-51-36-53(68(73)70-16-18-72)37-52(2)67(51)100-69(74)66-61-38-54(97-60(48-94-56(40-86-27-19-78-3)41-87-28-20-79-4)49-95-57(42-88-29-21-80-5)43-89-30-22-81-6)12-14-63(61)71(17-11-35-101(75,76)77)64-15-13-55(39-62(64)66)98-65(99-59(46-92-33-25-84-9)47-93-34-26-85-10)50-96-58(44-90-31-23-82-7)45-91-32-24-83-8/h12-15,36-39,56-60,65,72H,11,16-35,40-50H2,1-10H3,(H-,70,73,75,76,77)/p+1. The lowest BCUT2D eigenvalue weighted by atomic mass is 10.0. The number of benzene rings is 3. The smallest absolute Gasteiger partial charge is 0.345 e. The SMILES string of the molecule is COCCOCC(COCCOC)OCC(COC(COCCOC)COCCOC)Oc1ccc2c(c1)c(C(=O)Oc1c(C)cc(C(=O)NCCO)cc1C)c1cc(OC(COC(COCCOC)COCCOC)OC(COCCOC)COCCOC)ccc1[n+]2CCCS(=O)(=O)O. The number of hydrogen-bond donors (Lipinski definition) is 3. The molecule has 4 aromatic rings. The minimum atomic E-state index is -4.45. The van der Waals surface area contributed by atoms with Crippen LogP contribution in [0.2, 0.25) is 0 Å². The van der Waals surface area contributed by atoms with E-state index in [0.717, 1.165) is 0 Å². The fourth-order valence-electron chi connectivity index (χ4n) is 9.74. The molecule has 1 aromatic heterocycles. The molecule has 0 aliphatic carbocycles. The second-order valence-corrected chi connectivity index (χ2v) is 24.4. The molecule has 101 heavy (non-hydrogen) atoms. The first-order chi connectivity index (χ1) is 49.1. The highest BCUT2D eigenvalue weighted by Crippen LogP contribution is 2.34. The molecule has 576 valence electrons. The van der Waals surface area contributed by atoms with Crippen LogP contribution >= 0.6 is 0 Å². The van der Waals surface area contributed by atoms with Gasteiger partial charge in [-0.15, -0.1) is 0 Å². The lowest BCUT2D eigenvalue weighted by Crippen LogP contribution is -2.39. The van der Waals surface area contributed by atoms with E-state index in [9.17, 15) is 22.9 Å². The summed E-state index contributed by atoms with van der Waals surface area (Å²) in [5, 5.41) is 12.6. The Morgan fingerprint density at radius 1 is 0.465 bits per heavy atom. The Morgan fingerprint density at radius 2 is 0.832 bits per heavy atom. The Morgan fingerprint density at radius 3 is 1.20 bits per heavy atom. The van der Waals surface area contributed by atoms with Gasteiger partial charge in [-0.3, -0.25) is 9.35 Å². The van der Waals surface area contributed by atoms with Gasteiger partial charge in [0.2, 0.25) is 17.3 Å². The maximum absolute atomic E-state index is 15.8. The first kappa shape index (κ1) is 88.3. The number of fused-ring (bicyclic) bond motifs is 2. The molecular formula is C69H111N2O29S+. The van der Waals surface area contributed by atoms with Gasteiger partial charge >= 0.3 is 5.97 Å². The molecule has 0 fully saturated rings. The van der Waals surface area contributed by atoms with E-state index in [1.165, 1.54) is 0 Å². The number of ether oxygens (including phenoxy) is 23. The van der Waals surface area contributed by atoms with Gasteiger partial charge in [0.05, 0.1) is 200 Å². The summed E-state index contributed by atoms with van der Waals surface area (Å²) in [6.07, 6.45) is -4.81. The maximum atomic E-state index is 15.8. The van der Waals surface area contributed by atoms with Gasteiger partial charge in [0, 0.05) is 87.5 Å². The summed E-state index contributed by atoms with van der Waals surface area (Å²) >= 11 is 0. The number of pyridine rings is 1. The lowest BCUT2D eigenvalue weighted by Gasteiger charge is -2.27. The van der Waals surface area contributed by atoms with Crippen LogP contribution in [-0.4, -0.2) is 321 Å². The van der Waals surface area contributed by atoms with Crippen molar-refractivity contribution in [3.63, 3.8) is 0 Å². The summed E-state index contributed by atoms with van der Waals surface area (Å²) in [5.41, 5.74) is 1.97. The van der Waals surface area contributed by atoms with E-state index >= 15 is 4.79 Å². The fourth-order valence-corrected chi connectivity index (χ4v) is 10.2. The van der Waals surface area contributed by atoms with Crippen molar-refractivity contribution in [1.82, 2.24) is 5.32 Å². The number of nitrogens with zero attached hydrogens (tertiary/aromatic N) is 1. The molecule has 3 aromatic carbocycles. The molecule has 1 atom stereocenters. The highest BCUT2D eigenvalue weighted by molar-refractivity contribution is 7.85. The van der Waals surface area contributed by atoms with E-state index in [1.54, 1.807) is 119 Å². The van der Waals surface area contributed by atoms with Crippen LogP contribution in [0.15, 0.2) is 48.5 Å². The predicted molar refractivity (Wildman–Crippen MR) is 367 cm³/mol. The van der Waals surface area contributed by atoms with Crippen molar-refractivity contribution in [2.24, 2.45) is 0 Å². The summed E-state index contributed by atoms with van der Waals surface area (Å²) in [5.74, 6) is -1.37. The number of carbonyl (C=O) groups excluding carboxylic acids is 2. The molecule has 0 spiro atoms. The molecule has 0 aliphatic heterocycles. The maximum Gasteiger partial charge on any atom is 0.345 e. The third-order valence-electron chi connectivity index (χ3n) is 14.7. The molecule has 32 heteroatoms. The zero-order valence-corrected chi connectivity index (χ0v) is 61.3. The van der Waals surface area contributed by atoms with E-state index in [0.29, 0.717) is 75.0 Å². The highest BCUT2D eigenvalue weighted by Gasteiger charge is 2.31. The summed E-state index contributed by atoms with van der Waals surface area (Å²) in [7, 11) is 8.09. The molecule has 4 rings (SSSR count).